The predicted octanol–water partition coefficient (Wildman–Crippen LogP) is 4.24. The van der Waals surface area contributed by atoms with Gasteiger partial charge in [0, 0.05) is 35.5 Å². The molecule has 220 valence electrons. The van der Waals surface area contributed by atoms with Crippen molar-refractivity contribution < 1.29 is 27.1 Å². The molecule has 3 aromatic carbocycles. The Balaban J connectivity index is 1.37. The highest BCUT2D eigenvalue weighted by Crippen LogP contribution is 2.43. The fraction of sp³-hybridized carbons (Fsp3) is 0.290. The Bertz CT molecular complexity index is 1730. The molecule has 1 spiro atoms. The van der Waals surface area contributed by atoms with Gasteiger partial charge in [-0.3, -0.25) is 9.69 Å². The predicted molar refractivity (Wildman–Crippen MR) is 159 cm³/mol. The zero-order chi connectivity index (χ0) is 30.2. The summed E-state index contributed by atoms with van der Waals surface area (Å²) in [5, 5.41) is 3.07. The third-order valence-corrected chi connectivity index (χ3v) is 9.17. The van der Waals surface area contributed by atoms with Crippen LogP contribution in [0.3, 0.4) is 0 Å². The molecule has 42 heavy (non-hydrogen) atoms. The quantitative estimate of drug-likeness (QED) is 0.384. The molecule has 5 rings (SSSR count). The van der Waals surface area contributed by atoms with Gasteiger partial charge in [0.2, 0.25) is 5.91 Å². The number of aryl methyl sites for hydroxylation is 1. The Labute approximate surface area is 249 Å². The molecule has 1 saturated heterocycles. The van der Waals surface area contributed by atoms with Gasteiger partial charge in [0.15, 0.2) is 15.4 Å². The van der Waals surface area contributed by atoms with Gasteiger partial charge in [-0.05, 0) is 73.3 Å². The van der Waals surface area contributed by atoms with Gasteiger partial charge >= 0.3 is 5.97 Å². The minimum atomic E-state index is -3.41. The van der Waals surface area contributed by atoms with Gasteiger partial charge in [-0.2, -0.15) is 0 Å². The summed E-state index contributed by atoms with van der Waals surface area (Å²) in [5.41, 5.74) is 8.96. The lowest BCUT2D eigenvalue weighted by Gasteiger charge is -2.39. The maximum absolute atomic E-state index is 13.9. The number of hydrogen-bond donors (Lipinski definition) is 2. The Morgan fingerprint density at radius 3 is 2.64 bits per heavy atom. The van der Waals surface area contributed by atoms with E-state index in [4.69, 9.17) is 22.1 Å². The third kappa shape index (κ3) is 5.92. The highest BCUT2D eigenvalue weighted by Gasteiger charge is 2.49. The summed E-state index contributed by atoms with van der Waals surface area (Å²) in [7, 11) is -3.41. The standard InChI is InChI=1S/C31H31ClFN3O5S/c1-19-13-24(20-8-5-9-22(14-20)42(2,39)40)25(32)15-23(19)28-29(34)31(41-30(28)38)11-6-12-36(18-31)17-27(37)35-16-21-7-3-4-10-26(21)33/h3-5,7-10,13-15H,6,11-12,16-18,34H2,1-2H3,(H,35,37)/t31-/m0/s1. The van der Waals surface area contributed by atoms with Crippen LogP contribution in [0.5, 0.6) is 0 Å². The third-order valence-electron chi connectivity index (χ3n) is 7.74. The monoisotopic (exact) mass is 611 g/mol. The molecule has 2 aliphatic rings. The highest BCUT2D eigenvalue weighted by molar-refractivity contribution is 7.90. The van der Waals surface area contributed by atoms with Crippen molar-refractivity contribution in [2.75, 3.05) is 25.9 Å². The van der Waals surface area contributed by atoms with Gasteiger partial charge in [-0.25, -0.2) is 17.6 Å². The number of sulfone groups is 1. The number of likely N-dealkylation sites (tertiary alicyclic amines) is 1. The summed E-state index contributed by atoms with van der Waals surface area (Å²) >= 11 is 6.68. The van der Waals surface area contributed by atoms with E-state index in [2.05, 4.69) is 5.32 Å². The van der Waals surface area contributed by atoms with E-state index in [0.29, 0.717) is 52.2 Å². The molecule has 0 bridgehead atoms. The Morgan fingerprint density at radius 1 is 1.14 bits per heavy atom. The number of benzene rings is 3. The van der Waals surface area contributed by atoms with Crippen molar-refractivity contribution in [1.82, 2.24) is 10.2 Å². The summed E-state index contributed by atoms with van der Waals surface area (Å²) in [5.74, 6) is -1.23. The van der Waals surface area contributed by atoms with Crippen LogP contribution in [0.2, 0.25) is 5.02 Å². The van der Waals surface area contributed by atoms with Crippen molar-refractivity contribution in [3.05, 3.63) is 93.9 Å². The summed E-state index contributed by atoms with van der Waals surface area (Å²) in [6.45, 7) is 2.79. The summed E-state index contributed by atoms with van der Waals surface area (Å²) < 4.78 is 44.0. The molecular weight excluding hydrogens is 581 g/mol. The maximum atomic E-state index is 13.9. The average molecular weight is 612 g/mol. The maximum Gasteiger partial charge on any atom is 0.341 e. The van der Waals surface area contributed by atoms with E-state index in [1.165, 1.54) is 12.1 Å². The molecule has 3 N–H and O–H groups in total. The van der Waals surface area contributed by atoms with Gasteiger partial charge in [0.1, 0.15) is 5.82 Å². The molecule has 0 aromatic heterocycles. The lowest BCUT2D eigenvalue weighted by molar-refractivity contribution is -0.149. The van der Waals surface area contributed by atoms with Crippen LogP contribution in [0, 0.1) is 12.7 Å². The van der Waals surface area contributed by atoms with Crippen molar-refractivity contribution in [1.29, 1.82) is 0 Å². The first kappa shape index (κ1) is 29.8. The van der Waals surface area contributed by atoms with Crippen molar-refractivity contribution in [2.24, 2.45) is 5.73 Å². The number of rotatable bonds is 7. The molecule has 1 amide bonds. The van der Waals surface area contributed by atoms with Crippen LogP contribution in [0.15, 0.2) is 71.3 Å². The molecule has 0 saturated carbocycles. The van der Waals surface area contributed by atoms with Gasteiger partial charge in [-0.15, -0.1) is 0 Å². The number of nitrogens with zero attached hydrogens (tertiary/aromatic N) is 1. The number of carbonyl (C=O) groups excluding carboxylic acids is 2. The second kappa shape index (κ2) is 11.5. The fourth-order valence-electron chi connectivity index (χ4n) is 5.58. The lowest BCUT2D eigenvalue weighted by atomic mass is 9.86. The number of hydrogen-bond acceptors (Lipinski definition) is 7. The number of amides is 1. The number of carbonyl (C=O) groups is 2. The largest absolute Gasteiger partial charge is 0.448 e. The summed E-state index contributed by atoms with van der Waals surface area (Å²) in [6.07, 6.45) is 2.30. The van der Waals surface area contributed by atoms with Crippen LogP contribution in [0.1, 0.15) is 29.5 Å². The number of ether oxygens (including phenoxy) is 1. The normalized spacial score (nSPS) is 19.3. The van der Waals surface area contributed by atoms with Gasteiger partial charge in [-0.1, -0.05) is 41.9 Å². The van der Waals surface area contributed by atoms with Crippen molar-refractivity contribution in [2.45, 2.75) is 36.8 Å². The van der Waals surface area contributed by atoms with E-state index in [9.17, 15) is 22.4 Å². The SMILES string of the molecule is Cc1cc(-c2cccc(S(C)(=O)=O)c2)c(Cl)cc1C1=C(N)[C@@]2(CCCN(CC(=O)NCc3ccccc3F)C2)OC1=O. The minimum absolute atomic E-state index is 0.0441. The topological polar surface area (TPSA) is 119 Å². The molecular formula is C31H31ClFN3O5S. The molecule has 0 radical (unpaired) electrons. The van der Waals surface area contributed by atoms with Crippen molar-refractivity contribution >= 4 is 38.9 Å². The first-order chi connectivity index (χ1) is 19.9. The van der Waals surface area contributed by atoms with Crippen LogP contribution >= 0.6 is 11.6 Å². The second-order valence-corrected chi connectivity index (χ2v) is 13.2. The van der Waals surface area contributed by atoms with Crippen LogP contribution in [0.4, 0.5) is 4.39 Å². The van der Waals surface area contributed by atoms with Crippen molar-refractivity contribution in [3.63, 3.8) is 0 Å². The fourth-order valence-corrected chi connectivity index (χ4v) is 6.52. The summed E-state index contributed by atoms with van der Waals surface area (Å²) in [4.78, 5) is 28.0. The van der Waals surface area contributed by atoms with E-state index in [-0.39, 0.29) is 47.5 Å². The summed E-state index contributed by atoms with van der Waals surface area (Å²) in [6, 6.07) is 16.2. The number of piperidine rings is 1. The Hall–Kier alpha value is -3.73. The highest BCUT2D eigenvalue weighted by atomic mass is 35.5. The smallest absolute Gasteiger partial charge is 0.341 e. The zero-order valence-corrected chi connectivity index (χ0v) is 24.8. The van der Waals surface area contributed by atoms with Gasteiger partial charge in [0.05, 0.1) is 22.7 Å². The minimum Gasteiger partial charge on any atom is -0.448 e. The Kier molecular flexibility index (Phi) is 8.15. The van der Waals surface area contributed by atoms with Crippen LogP contribution in [0.25, 0.3) is 16.7 Å². The number of nitrogens with one attached hydrogen (secondary N) is 1. The Morgan fingerprint density at radius 2 is 1.90 bits per heavy atom. The van der Waals surface area contributed by atoms with E-state index in [1.807, 2.05) is 11.8 Å². The van der Waals surface area contributed by atoms with Gasteiger partial charge in [0.25, 0.3) is 0 Å². The lowest BCUT2D eigenvalue weighted by Crippen LogP contribution is -2.53. The van der Waals surface area contributed by atoms with Gasteiger partial charge < -0.3 is 15.8 Å². The van der Waals surface area contributed by atoms with Crippen LogP contribution < -0.4 is 11.1 Å². The second-order valence-electron chi connectivity index (χ2n) is 10.8. The van der Waals surface area contributed by atoms with E-state index in [1.54, 1.807) is 48.5 Å². The van der Waals surface area contributed by atoms with Crippen LogP contribution in [-0.2, 0) is 30.7 Å². The number of halogens is 2. The number of esters is 1. The first-order valence-corrected chi connectivity index (χ1v) is 15.7. The molecule has 2 aliphatic heterocycles. The molecule has 0 aliphatic carbocycles. The molecule has 2 heterocycles. The average Bonchev–Trinajstić information content (AvgIpc) is 3.16. The molecule has 0 unspecified atom stereocenters. The van der Waals surface area contributed by atoms with Crippen molar-refractivity contribution in [3.8, 4) is 11.1 Å². The van der Waals surface area contributed by atoms with E-state index < -0.39 is 21.4 Å². The molecule has 3 aromatic rings. The van der Waals surface area contributed by atoms with Crippen LogP contribution in [-0.4, -0.2) is 56.7 Å². The zero-order valence-electron chi connectivity index (χ0n) is 23.2. The first-order valence-electron chi connectivity index (χ1n) is 13.4. The van der Waals surface area contributed by atoms with E-state index >= 15 is 0 Å². The molecule has 11 heteroatoms. The molecule has 8 nitrogen and oxygen atoms in total. The molecule has 1 atom stereocenters. The van der Waals surface area contributed by atoms with E-state index in [0.717, 1.165) is 6.26 Å². The molecule has 1 fully saturated rings. The number of nitrogens with two attached hydrogens (primary N) is 1.